The smallest absolute Gasteiger partial charge is 0.345 e. The molecule has 5 rings (SSSR count). The summed E-state index contributed by atoms with van der Waals surface area (Å²) in [4.78, 5) is 21.0. The first-order valence-corrected chi connectivity index (χ1v) is 12.9. The van der Waals surface area contributed by atoms with Gasteiger partial charge in [-0.05, 0) is 38.2 Å². The summed E-state index contributed by atoms with van der Waals surface area (Å²) < 4.78 is 42.7. The number of anilines is 2. The van der Waals surface area contributed by atoms with Crippen molar-refractivity contribution in [1.29, 1.82) is 0 Å². The van der Waals surface area contributed by atoms with Gasteiger partial charge in [0.1, 0.15) is 10.7 Å². The van der Waals surface area contributed by atoms with E-state index >= 15 is 0 Å². The van der Waals surface area contributed by atoms with Gasteiger partial charge in [0.15, 0.2) is 5.82 Å². The van der Waals surface area contributed by atoms with Crippen molar-refractivity contribution in [3.8, 4) is 11.8 Å². The van der Waals surface area contributed by atoms with Crippen molar-refractivity contribution in [2.75, 3.05) is 35.7 Å². The van der Waals surface area contributed by atoms with Gasteiger partial charge in [0.25, 0.3) is 0 Å². The number of ether oxygens (including phenoxy) is 1. The van der Waals surface area contributed by atoms with Crippen LogP contribution in [0, 0.1) is 11.8 Å². The molecule has 1 aliphatic carbocycles. The predicted octanol–water partition coefficient (Wildman–Crippen LogP) is 3.17. The number of hydrogen-bond donors (Lipinski definition) is 1. The first-order valence-electron chi connectivity index (χ1n) is 11.6. The van der Waals surface area contributed by atoms with Crippen molar-refractivity contribution >= 4 is 28.1 Å². The van der Waals surface area contributed by atoms with E-state index in [4.69, 9.17) is 9.97 Å². The molecule has 1 fully saturated rings. The van der Waals surface area contributed by atoms with Crippen molar-refractivity contribution in [2.24, 2.45) is 0 Å². The van der Waals surface area contributed by atoms with E-state index in [1.807, 2.05) is 0 Å². The summed E-state index contributed by atoms with van der Waals surface area (Å²) in [6.45, 7) is 0.0750. The van der Waals surface area contributed by atoms with Crippen LogP contribution in [-0.4, -0.2) is 61.7 Å². The number of hydrogen-bond acceptors (Lipinski definition) is 8. The Morgan fingerprint density at radius 2 is 2.06 bits per heavy atom. The quantitative estimate of drug-likeness (QED) is 0.580. The van der Waals surface area contributed by atoms with Gasteiger partial charge in [0, 0.05) is 37.7 Å². The van der Waals surface area contributed by atoms with Crippen molar-refractivity contribution in [1.82, 2.24) is 19.9 Å². The normalized spacial score (nSPS) is 20.5. The van der Waals surface area contributed by atoms with E-state index in [2.05, 4.69) is 42.8 Å². The van der Waals surface area contributed by atoms with Gasteiger partial charge in [-0.3, -0.25) is 4.21 Å². The fourth-order valence-electron chi connectivity index (χ4n) is 4.55. The van der Waals surface area contributed by atoms with Gasteiger partial charge in [0.2, 0.25) is 5.95 Å². The van der Waals surface area contributed by atoms with Crippen LogP contribution >= 0.6 is 0 Å². The van der Waals surface area contributed by atoms with Gasteiger partial charge in [-0.2, -0.15) is 13.8 Å². The molecular weight excluding hydrogens is 474 g/mol. The summed E-state index contributed by atoms with van der Waals surface area (Å²) in [7, 11) is -1.22. The zero-order chi connectivity index (χ0) is 24.4. The summed E-state index contributed by atoms with van der Waals surface area (Å²) in [6, 6.07) is 0. The lowest BCUT2D eigenvalue weighted by atomic mass is 9.77. The molecule has 0 spiro atoms. The summed E-state index contributed by atoms with van der Waals surface area (Å²) >= 11 is 0. The van der Waals surface area contributed by atoms with Gasteiger partial charge in [0.05, 0.1) is 34.2 Å². The number of halogens is 2. The highest BCUT2D eigenvalue weighted by Gasteiger charge is 2.40. The molecule has 1 atom stereocenters. The molecule has 2 aliphatic heterocycles. The van der Waals surface area contributed by atoms with E-state index in [-0.39, 0.29) is 6.61 Å². The molecule has 4 heterocycles. The number of aromatic nitrogens is 4. The third kappa shape index (κ3) is 5.04. The van der Waals surface area contributed by atoms with Crippen LogP contribution in [0.4, 0.5) is 20.5 Å². The minimum absolute atomic E-state index is 0.121. The van der Waals surface area contributed by atoms with Crippen molar-refractivity contribution in [3.63, 3.8) is 0 Å². The highest BCUT2D eigenvalue weighted by molar-refractivity contribution is 7.85. The van der Waals surface area contributed by atoms with Gasteiger partial charge in [-0.1, -0.05) is 12.0 Å². The van der Waals surface area contributed by atoms with Crippen LogP contribution in [-0.2, 0) is 22.0 Å². The lowest BCUT2D eigenvalue weighted by Gasteiger charge is -2.43. The molecule has 0 amide bonds. The number of fused-ring (bicyclic) bond motifs is 1. The summed E-state index contributed by atoms with van der Waals surface area (Å²) in [6.07, 6.45) is 9.14. The highest BCUT2D eigenvalue weighted by Crippen LogP contribution is 2.39. The van der Waals surface area contributed by atoms with Gasteiger partial charge >= 0.3 is 6.61 Å². The molecule has 0 radical (unpaired) electrons. The Balaban J connectivity index is 1.37. The third-order valence-corrected chi connectivity index (χ3v) is 8.02. The second-order valence-corrected chi connectivity index (χ2v) is 10.4. The number of rotatable bonds is 7. The van der Waals surface area contributed by atoms with E-state index in [0.29, 0.717) is 60.6 Å². The third-order valence-electron chi connectivity index (χ3n) is 6.56. The maximum Gasteiger partial charge on any atom is 0.345 e. The van der Waals surface area contributed by atoms with Crippen LogP contribution < -0.4 is 10.2 Å². The van der Waals surface area contributed by atoms with E-state index < -0.39 is 22.9 Å². The monoisotopic (exact) mass is 500 g/mol. The molecule has 0 saturated heterocycles. The van der Waals surface area contributed by atoms with Crippen molar-refractivity contribution in [2.45, 2.75) is 56.1 Å². The van der Waals surface area contributed by atoms with Crippen molar-refractivity contribution < 1.29 is 17.7 Å². The maximum atomic E-state index is 12.7. The second-order valence-electron chi connectivity index (χ2n) is 8.87. The van der Waals surface area contributed by atoms with Crippen LogP contribution in [0.2, 0.25) is 0 Å². The van der Waals surface area contributed by atoms with Crippen LogP contribution in [0.1, 0.15) is 49.7 Å². The van der Waals surface area contributed by atoms with E-state index in [1.165, 1.54) is 0 Å². The largest absolute Gasteiger partial charge is 0.361 e. The summed E-state index contributed by atoms with van der Waals surface area (Å²) in [5.74, 6) is 7.97. The van der Waals surface area contributed by atoms with E-state index in [0.717, 1.165) is 29.7 Å². The van der Waals surface area contributed by atoms with Crippen molar-refractivity contribution in [3.05, 3.63) is 35.6 Å². The minimum Gasteiger partial charge on any atom is -0.361 e. The molecule has 0 aromatic carbocycles. The van der Waals surface area contributed by atoms with Gasteiger partial charge in [-0.15, -0.1) is 5.92 Å². The molecule has 11 heteroatoms. The van der Waals surface area contributed by atoms with Crippen LogP contribution in [0.15, 0.2) is 23.4 Å². The van der Waals surface area contributed by atoms with Crippen LogP contribution in [0.25, 0.3) is 5.57 Å². The Labute approximate surface area is 205 Å². The molecule has 1 unspecified atom stereocenters. The topological polar surface area (TPSA) is 93.1 Å². The Bertz CT molecular complexity index is 1220. The predicted molar refractivity (Wildman–Crippen MR) is 129 cm³/mol. The molecule has 184 valence electrons. The fraction of sp³-hybridized carbons (Fsp3) is 0.500. The van der Waals surface area contributed by atoms with Gasteiger partial charge in [-0.25, -0.2) is 15.0 Å². The second kappa shape index (κ2) is 9.95. The molecule has 1 saturated carbocycles. The molecule has 8 nitrogen and oxygen atoms in total. The molecule has 2 aromatic heterocycles. The number of aryl methyl sites for hydroxylation is 1. The maximum absolute atomic E-state index is 12.7. The molecular formula is C24H26F2N6O2S. The minimum atomic E-state index is -2.83. The molecule has 1 N–H and O–H groups in total. The highest BCUT2D eigenvalue weighted by atomic mass is 32.2. The average molecular weight is 501 g/mol. The van der Waals surface area contributed by atoms with Crippen LogP contribution in [0.3, 0.4) is 0 Å². The lowest BCUT2D eigenvalue weighted by molar-refractivity contribution is -0.145. The Morgan fingerprint density at radius 1 is 1.26 bits per heavy atom. The lowest BCUT2D eigenvalue weighted by Crippen LogP contribution is -2.50. The Kier molecular flexibility index (Phi) is 6.75. The average Bonchev–Trinajstić information content (AvgIpc) is 3.22. The van der Waals surface area contributed by atoms with Crippen LogP contribution in [0.5, 0.6) is 0 Å². The standard InChI is InChI=1S/C24H26F2N6O2S/c1-2-4-16-13-27-20(28-14-16)17-5-10-32(11-6-17)23-29-18-7-12-35(33)19(18)21(30-23)31-24(8-3-9-24)15-34-22(25)26/h5,13-14,22H,3,6-12,15H2,1H3,(H,29,30,31). The molecule has 3 aliphatic rings. The molecule has 35 heavy (non-hydrogen) atoms. The summed E-state index contributed by atoms with van der Waals surface area (Å²) in [5, 5.41) is 3.33. The fourth-order valence-corrected chi connectivity index (χ4v) is 5.86. The zero-order valence-electron chi connectivity index (χ0n) is 19.4. The number of alkyl halides is 2. The molecule has 0 bridgehead atoms. The number of nitrogens with one attached hydrogen (secondary N) is 1. The van der Waals surface area contributed by atoms with E-state index in [9.17, 15) is 13.0 Å². The number of nitrogens with zero attached hydrogens (tertiary/aromatic N) is 5. The SMILES string of the molecule is CC#Cc1cnc(C2=CCN(c3nc4c(c(NC5(COC(F)F)CCC5)n3)S(=O)CC4)CC2)nc1. The summed E-state index contributed by atoms with van der Waals surface area (Å²) in [5.41, 5.74) is 1.96. The zero-order valence-corrected chi connectivity index (χ0v) is 20.2. The Morgan fingerprint density at radius 3 is 2.69 bits per heavy atom. The van der Waals surface area contributed by atoms with Gasteiger partial charge < -0.3 is 15.0 Å². The van der Waals surface area contributed by atoms with E-state index in [1.54, 1.807) is 19.3 Å². The first kappa shape index (κ1) is 23.8. The molecule has 2 aromatic rings. The Hall–Kier alpha value is -2.97. The first-order chi connectivity index (χ1) is 17.0.